The summed E-state index contributed by atoms with van der Waals surface area (Å²) < 4.78 is 34.4. The topological polar surface area (TPSA) is 108 Å². The van der Waals surface area contributed by atoms with Crippen LogP contribution in [0.4, 0.5) is 0 Å². The first-order valence-electron chi connectivity index (χ1n) is 31.4. The highest BCUT2D eigenvalue weighted by Gasteiger charge is 2.27. The molecule has 0 aliphatic rings. The maximum absolute atomic E-state index is 12.7. The summed E-state index contributed by atoms with van der Waals surface area (Å²) in [5, 5.41) is 0. The van der Waals surface area contributed by atoms with E-state index in [9.17, 15) is 19.0 Å². The molecule has 428 valence electrons. The number of phosphoric ester groups is 1. The van der Waals surface area contributed by atoms with E-state index in [1.807, 2.05) is 21.1 Å². The number of rotatable bonds is 59. The van der Waals surface area contributed by atoms with Gasteiger partial charge in [-0.15, -0.1) is 0 Å². The Bertz CT molecular complexity index is 1220. The molecular weight excluding hydrogens is 918 g/mol. The highest BCUT2D eigenvalue weighted by molar-refractivity contribution is 7.47. The van der Waals surface area contributed by atoms with Gasteiger partial charge in [-0.2, -0.15) is 0 Å². The first kappa shape index (κ1) is 70.8. The number of esters is 2. The Labute approximate surface area is 447 Å². The molecule has 0 aromatic carbocycles. The van der Waals surface area contributed by atoms with E-state index in [2.05, 4.69) is 26.0 Å². The minimum absolute atomic E-state index is 0.0333. The molecular formula is C62H123NO8P+. The number of nitrogens with zero attached hydrogens (tertiary/aromatic N) is 1. The van der Waals surface area contributed by atoms with Crippen LogP contribution in [-0.4, -0.2) is 74.9 Å². The lowest BCUT2D eigenvalue weighted by Crippen LogP contribution is -2.37. The number of likely N-dealkylation sites (N-methyl/N-ethyl adjacent to an activating group) is 1. The third-order valence-corrected chi connectivity index (χ3v) is 15.3. The lowest BCUT2D eigenvalue weighted by Gasteiger charge is -2.24. The number of ether oxygens (including phenoxy) is 2. The van der Waals surface area contributed by atoms with Gasteiger partial charge in [-0.25, -0.2) is 4.57 Å². The third-order valence-electron chi connectivity index (χ3n) is 14.3. The fraction of sp³-hybridized carbons (Fsp3) is 0.935. The molecule has 0 fully saturated rings. The van der Waals surface area contributed by atoms with E-state index in [4.69, 9.17) is 18.5 Å². The predicted octanol–water partition coefficient (Wildman–Crippen LogP) is 19.6. The van der Waals surface area contributed by atoms with E-state index in [0.29, 0.717) is 23.9 Å². The van der Waals surface area contributed by atoms with Gasteiger partial charge in [-0.05, 0) is 32.1 Å². The van der Waals surface area contributed by atoms with Crippen LogP contribution in [0.5, 0.6) is 0 Å². The number of carbonyl (C=O) groups excluding carboxylic acids is 2. The van der Waals surface area contributed by atoms with Gasteiger partial charge in [0.25, 0.3) is 0 Å². The normalized spacial score (nSPS) is 13.2. The third kappa shape index (κ3) is 58.0. The van der Waals surface area contributed by atoms with Crippen molar-refractivity contribution in [2.75, 3.05) is 47.5 Å². The molecule has 0 bridgehead atoms. The molecule has 0 rings (SSSR count). The summed E-state index contributed by atoms with van der Waals surface area (Å²) in [7, 11) is 1.49. The second-order valence-electron chi connectivity index (χ2n) is 22.8. The first-order chi connectivity index (χ1) is 35.0. The molecule has 0 amide bonds. The fourth-order valence-electron chi connectivity index (χ4n) is 9.43. The van der Waals surface area contributed by atoms with E-state index in [0.717, 1.165) is 57.8 Å². The SMILES string of the molecule is CCC/C=C\CCCCCCCC(=O)OC(COC(=O)CCCCCCCCCCCCCCCCCCCCCCCCCCCCCCCCCCCCCCCC)COP(=O)(O)OCC[N+](C)(C)C. The molecule has 2 atom stereocenters. The van der Waals surface area contributed by atoms with Gasteiger partial charge >= 0.3 is 19.8 Å². The molecule has 1 N–H and O–H groups in total. The van der Waals surface area contributed by atoms with Gasteiger partial charge in [0, 0.05) is 12.8 Å². The maximum Gasteiger partial charge on any atom is 0.472 e. The molecule has 0 aliphatic carbocycles. The molecule has 10 heteroatoms. The monoisotopic (exact) mass is 1040 g/mol. The summed E-state index contributed by atoms with van der Waals surface area (Å²) in [5.74, 6) is -0.795. The number of phosphoric acid groups is 1. The Morgan fingerprint density at radius 2 is 0.736 bits per heavy atom. The van der Waals surface area contributed by atoms with Crippen LogP contribution in [0.1, 0.15) is 322 Å². The first-order valence-corrected chi connectivity index (χ1v) is 32.9. The largest absolute Gasteiger partial charge is 0.472 e. The number of carbonyl (C=O) groups is 2. The fourth-order valence-corrected chi connectivity index (χ4v) is 10.2. The Morgan fingerprint density at radius 3 is 1.08 bits per heavy atom. The summed E-state index contributed by atoms with van der Waals surface area (Å²) in [6.07, 6.45) is 65.0. The highest BCUT2D eigenvalue weighted by Crippen LogP contribution is 2.43. The van der Waals surface area contributed by atoms with Crippen molar-refractivity contribution in [3.63, 3.8) is 0 Å². The Kier molecular flexibility index (Phi) is 53.6. The van der Waals surface area contributed by atoms with Crippen molar-refractivity contribution in [2.24, 2.45) is 0 Å². The van der Waals surface area contributed by atoms with E-state index < -0.39 is 26.5 Å². The van der Waals surface area contributed by atoms with Gasteiger partial charge in [0.1, 0.15) is 19.8 Å². The molecule has 0 radical (unpaired) electrons. The summed E-state index contributed by atoms with van der Waals surface area (Å²) >= 11 is 0. The van der Waals surface area contributed by atoms with Gasteiger partial charge in [0.15, 0.2) is 6.10 Å². The molecule has 0 aromatic rings. The van der Waals surface area contributed by atoms with Gasteiger partial charge in [-0.1, -0.05) is 289 Å². The zero-order chi connectivity index (χ0) is 52.7. The molecule has 2 unspecified atom stereocenters. The van der Waals surface area contributed by atoms with Crippen molar-refractivity contribution < 1.29 is 42.1 Å². The molecule has 0 saturated heterocycles. The molecule has 0 heterocycles. The van der Waals surface area contributed by atoms with Crippen molar-refractivity contribution in [1.82, 2.24) is 0 Å². The lowest BCUT2D eigenvalue weighted by molar-refractivity contribution is -0.870. The van der Waals surface area contributed by atoms with Gasteiger partial charge in [0.2, 0.25) is 0 Å². The lowest BCUT2D eigenvalue weighted by atomic mass is 10.0. The summed E-state index contributed by atoms with van der Waals surface area (Å²) in [6, 6.07) is 0. The van der Waals surface area contributed by atoms with E-state index in [1.54, 1.807) is 0 Å². The van der Waals surface area contributed by atoms with Crippen LogP contribution < -0.4 is 0 Å². The van der Waals surface area contributed by atoms with Crippen molar-refractivity contribution in [3.8, 4) is 0 Å². The average Bonchev–Trinajstić information content (AvgIpc) is 3.34. The predicted molar refractivity (Wildman–Crippen MR) is 308 cm³/mol. The van der Waals surface area contributed by atoms with Gasteiger partial charge in [-0.3, -0.25) is 18.6 Å². The molecule has 0 aromatic heterocycles. The van der Waals surface area contributed by atoms with Crippen LogP contribution in [0, 0.1) is 0 Å². The van der Waals surface area contributed by atoms with Crippen molar-refractivity contribution in [2.45, 2.75) is 328 Å². The van der Waals surface area contributed by atoms with Crippen LogP contribution in [0.2, 0.25) is 0 Å². The average molecular weight is 1040 g/mol. The minimum atomic E-state index is -4.38. The highest BCUT2D eigenvalue weighted by atomic mass is 31.2. The van der Waals surface area contributed by atoms with Crippen LogP contribution >= 0.6 is 7.82 Å². The smallest absolute Gasteiger partial charge is 0.462 e. The van der Waals surface area contributed by atoms with E-state index >= 15 is 0 Å². The van der Waals surface area contributed by atoms with Crippen LogP contribution in [0.15, 0.2) is 12.2 Å². The maximum atomic E-state index is 12.7. The summed E-state index contributed by atoms with van der Waals surface area (Å²) in [5.41, 5.74) is 0. The summed E-state index contributed by atoms with van der Waals surface area (Å²) in [6.45, 7) is 4.40. The number of hydrogen-bond acceptors (Lipinski definition) is 7. The zero-order valence-electron chi connectivity index (χ0n) is 48.7. The van der Waals surface area contributed by atoms with Crippen molar-refractivity contribution in [3.05, 3.63) is 12.2 Å². The van der Waals surface area contributed by atoms with E-state index in [1.165, 1.54) is 231 Å². The zero-order valence-corrected chi connectivity index (χ0v) is 49.6. The standard InChI is InChI=1S/C62H122NO8P/c1-6-8-10-12-14-16-18-19-20-21-22-23-24-25-26-27-28-29-30-31-32-33-34-35-36-37-38-39-40-41-42-43-44-45-47-48-50-52-54-61(64)68-58-60(59-70-72(66,67)69-57-56-63(3,4)5)71-62(65)55-53-51-49-46-17-15-13-11-9-7-2/h11,13,60H,6-10,12,14-59H2,1-5H3/p+1/b13-11-. The van der Waals surface area contributed by atoms with Crippen LogP contribution in [-0.2, 0) is 32.7 Å². The Balaban J connectivity index is 3.76. The second kappa shape index (κ2) is 54.5. The van der Waals surface area contributed by atoms with E-state index in [-0.39, 0.29) is 25.6 Å². The minimum Gasteiger partial charge on any atom is -0.462 e. The number of unbranched alkanes of at least 4 members (excludes halogenated alkanes) is 43. The Hall–Kier alpha value is -1.25. The number of quaternary nitrogens is 1. The van der Waals surface area contributed by atoms with Crippen molar-refractivity contribution >= 4 is 19.8 Å². The second-order valence-corrected chi connectivity index (χ2v) is 24.3. The molecule has 72 heavy (non-hydrogen) atoms. The van der Waals surface area contributed by atoms with Gasteiger partial charge in [0.05, 0.1) is 27.7 Å². The van der Waals surface area contributed by atoms with Crippen molar-refractivity contribution in [1.29, 1.82) is 0 Å². The number of hydrogen-bond donors (Lipinski definition) is 1. The Morgan fingerprint density at radius 1 is 0.417 bits per heavy atom. The van der Waals surface area contributed by atoms with Crippen LogP contribution in [0.3, 0.4) is 0 Å². The number of allylic oxidation sites excluding steroid dienone is 2. The molecule has 0 saturated carbocycles. The van der Waals surface area contributed by atoms with Crippen LogP contribution in [0.25, 0.3) is 0 Å². The quantitative estimate of drug-likeness (QED) is 0.0211. The molecule has 0 spiro atoms. The molecule has 9 nitrogen and oxygen atoms in total. The molecule has 0 aliphatic heterocycles. The summed E-state index contributed by atoms with van der Waals surface area (Å²) in [4.78, 5) is 35.5. The van der Waals surface area contributed by atoms with Gasteiger partial charge < -0.3 is 18.9 Å².